The molecule has 5 nitrogen and oxygen atoms in total. The lowest BCUT2D eigenvalue weighted by molar-refractivity contribution is 0.135. The molecule has 0 aliphatic carbocycles. The van der Waals surface area contributed by atoms with Gasteiger partial charge in [0.25, 0.3) is 5.89 Å². The zero-order chi connectivity index (χ0) is 14.0. The van der Waals surface area contributed by atoms with Crippen LogP contribution in [0.2, 0.25) is 0 Å². The maximum atomic E-state index is 13.4. The van der Waals surface area contributed by atoms with E-state index in [0.717, 1.165) is 0 Å². The lowest BCUT2D eigenvalue weighted by atomic mass is 10.1. The predicted octanol–water partition coefficient (Wildman–Crippen LogP) is 2.46. The summed E-state index contributed by atoms with van der Waals surface area (Å²) in [4.78, 5) is 4.18. The second-order valence-electron chi connectivity index (χ2n) is 4.40. The highest BCUT2D eigenvalue weighted by atomic mass is 79.9. The normalized spacial score (nSPS) is 14.4. The fourth-order valence-electron chi connectivity index (χ4n) is 1.57. The van der Waals surface area contributed by atoms with E-state index >= 15 is 0 Å². The number of methoxy groups -OCH3 is 1. The van der Waals surface area contributed by atoms with Crippen molar-refractivity contribution in [1.29, 1.82) is 0 Å². The Balaban J connectivity index is 2.33. The second kappa shape index (κ2) is 5.36. The molecule has 0 fully saturated rings. The van der Waals surface area contributed by atoms with Gasteiger partial charge in [-0.25, -0.2) is 4.39 Å². The van der Waals surface area contributed by atoms with Gasteiger partial charge in [-0.15, -0.1) is 0 Å². The van der Waals surface area contributed by atoms with Gasteiger partial charge in [0.15, 0.2) is 5.82 Å². The van der Waals surface area contributed by atoms with Crippen molar-refractivity contribution in [3.05, 3.63) is 34.3 Å². The Morgan fingerprint density at radius 3 is 2.89 bits per heavy atom. The molecule has 2 aromatic rings. The standard InChI is InChI=1S/C12H13BrFN3O2/c1-12(15,6-18-2)11-16-10(19-17-11)7-3-4-8(13)9(14)5-7/h3-5H,6,15H2,1-2H3. The smallest absolute Gasteiger partial charge is 0.258 e. The predicted molar refractivity (Wildman–Crippen MR) is 70.8 cm³/mol. The summed E-state index contributed by atoms with van der Waals surface area (Å²) in [7, 11) is 1.54. The Bertz CT molecular complexity index is 586. The summed E-state index contributed by atoms with van der Waals surface area (Å²) in [5.41, 5.74) is 5.64. The van der Waals surface area contributed by atoms with Gasteiger partial charge in [-0.3, -0.25) is 0 Å². The first kappa shape index (κ1) is 14.1. The Morgan fingerprint density at radius 2 is 2.26 bits per heavy atom. The van der Waals surface area contributed by atoms with Gasteiger partial charge in [-0.2, -0.15) is 4.98 Å². The highest BCUT2D eigenvalue weighted by Crippen LogP contribution is 2.25. The molecule has 0 radical (unpaired) electrons. The van der Waals surface area contributed by atoms with E-state index in [1.807, 2.05) is 0 Å². The average molecular weight is 330 g/mol. The first-order valence-corrected chi connectivity index (χ1v) is 6.31. The maximum Gasteiger partial charge on any atom is 0.258 e. The minimum atomic E-state index is -0.857. The number of nitrogens with two attached hydrogens (primary N) is 1. The highest BCUT2D eigenvalue weighted by Gasteiger charge is 2.27. The number of aromatic nitrogens is 2. The fraction of sp³-hybridized carbons (Fsp3) is 0.333. The van der Waals surface area contributed by atoms with Gasteiger partial charge in [0, 0.05) is 12.7 Å². The van der Waals surface area contributed by atoms with Gasteiger partial charge in [0.1, 0.15) is 11.4 Å². The lowest BCUT2D eigenvalue weighted by Gasteiger charge is -2.18. The quantitative estimate of drug-likeness (QED) is 0.932. The van der Waals surface area contributed by atoms with Crippen LogP contribution in [0.5, 0.6) is 0 Å². The summed E-state index contributed by atoms with van der Waals surface area (Å²) in [6.45, 7) is 1.98. The van der Waals surface area contributed by atoms with E-state index < -0.39 is 11.4 Å². The maximum absolute atomic E-state index is 13.4. The third-order valence-electron chi connectivity index (χ3n) is 2.55. The number of hydrogen-bond acceptors (Lipinski definition) is 5. The van der Waals surface area contributed by atoms with Gasteiger partial charge in [-0.1, -0.05) is 5.16 Å². The second-order valence-corrected chi connectivity index (χ2v) is 5.26. The van der Waals surface area contributed by atoms with Crippen molar-refractivity contribution in [3.8, 4) is 11.5 Å². The number of halogens is 2. The topological polar surface area (TPSA) is 74.2 Å². The molecule has 1 aromatic carbocycles. The van der Waals surface area contributed by atoms with Crippen molar-refractivity contribution in [2.24, 2.45) is 5.73 Å². The number of benzene rings is 1. The van der Waals surface area contributed by atoms with E-state index in [-0.39, 0.29) is 12.5 Å². The highest BCUT2D eigenvalue weighted by molar-refractivity contribution is 9.10. The average Bonchev–Trinajstić information content (AvgIpc) is 2.83. The fourth-order valence-corrected chi connectivity index (χ4v) is 1.81. The summed E-state index contributed by atoms with van der Waals surface area (Å²) in [5, 5.41) is 3.81. The zero-order valence-electron chi connectivity index (χ0n) is 10.5. The Hall–Kier alpha value is -1.31. The molecule has 2 N–H and O–H groups in total. The zero-order valence-corrected chi connectivity index (χ0v) is 12.1. The molecule has 1 unspecified atom stereocenters. The summed E-state index contributed by atoms with van der Waals surface area (Å²) in [5.74, 6) is 0.131. The number of hydrogen-bond donors (Lipinski definition) is 1. The first-order chi connectivity index (χ1) is 8.94. The molecule has 102 valence electrons. The molecular formula is C12H13BrFN3O2. The summed E-state index contributed by atoms with van der Waals surface area (Å²) in [6, 6.07) is 4.56. The van der Waals surface area contributed by atoms with Crippen LogP contribution in [0, 0.1) is 5.82 Å². The molecule has 2 rings (SSSR count). The molecule has 0 saturated carbocycles. The molecule has 1 heterocycles. The van der Waals surface area contributed by atoms with E-state index in [9.17, 15) is 4.39 Å². The van der Waals surface area contributed by atoms with Crippen LogP contribution in [-0.4, -0.2) is 23.9 Å². The van der Waals surface area contributed by atoms with Gasteiger partial charge >= 0.3 is 0 Å². The van der Waals surface area contributed by atoms with Gasteiger partial charge in [0.05, 0.1) is 11.1 Å². The van der Waals surface area contributed by atoms with Crippen LogP contribution in [0.3, 0.4) is 0 Å². The SMILES string of the molecule is COCC(C)(N)c1noc(-c2ccc(Br)c(F)c2)n1. The molecule has 0 aliphatic rings. The van der Waals surface area contributed by atoms with Crippen LogP contribution in [0.25, 0.3) is 11.5 Å². The van der Waals surface area contributed by atoms with Crippen LogP contribution in [-0.2, 0) is 10.3 Å². The van der Waals surface area contributed by atoms with Crippen molar-refractivity contribution < 1.29 is 13.7 Å². The Labute approximate surface area is 118 Å². The molecule has 0 saturated heterocycles. The molecule has 1 aromatic heterocycles. The largest absolute Gasteiger partial charge is 0.382 e. The van der Waals surface area contributed by atoms with Crippen LogP contribution < -0.4 is 5.73 Å². The minimum Gasteiger partial charge on any atom is -0.382 e. The summed E-state index contributed by atoms with van der Waals surface area (Å²) in [6.07, 6.45) is 0. The van der Waals surface area contributed by atoms with Crippen molar-refractivity contribution in [2.75, 3.05) is 13.7 Å². The minimum absolute atomic E-state index is 0.217. The van der Waals surface area contributed by atoms with Crippen molar-refractivity contribution >= 4 is 15.9 Å². The van der Waals surface area contributed by atoms with Gasteiger partial charge in [0.2, 0.25) is 0 Å². The molecule has 0 amide bonds. The molecule has 0 aliphatic heterocycles. The van der Waals surface area contributed by atoms with E-state index in [2.05, 4.69) is 26.1 Å². The first-order valence-electron chi connectivity index (χ1n) is 5.51. The number of ether oxygens (including phenoxy) is 1. The third kappa shape index (κ3) is 2.99. The van der Waals surface area contributed by atoms with Crippen LogP contribution >= 0.6 is 15.9 Å². The molecule has 1 atom stereocenters. The van der Waals surface area contributed by atoms with Gasteiger partial charge in [-0.05, 0) is 41.1 Å². The summed E-state index contributed by atoms with van der Waals surface area (Å²) < 4.78 is 23.9. The lowest BCUT2D eigenvalue weighted by Crippen LogP contribution is -2.38. The third-order valence-corrected chi connectivity index (χ3v) is 3.19. The van der Waals surface area contributed by atoms with E-state index in [4.69, 9.17) is 15.0 Å². The van der Waals surface area contributed by atoms with Crippen molar-refractivity contribution in [1.82, 2.24) is 10.1 Å². The number of rotatable bonds is 4. The molecule has 19 heavy (non-hydrogen) atoms. The van der Waals surface area contributed by atoms with Gasteiger partial charge < -0.3 is 15.0 Å². The van der Waals surface area contributed by atoms with E-state index in [1.54, 1.807) is 19.1 Å². The molecule has 7 heteroatoms. The van der Waals surface area contributed by atoms with Crippen molar-refractivity contribution in [2.45, 2.75) is 12.5 Å². The Kier molecular flexibility index (Phi) is 3.98. The van der Waals surface area contributed by atoms with Crippen molar-refractivity contribution in [3.63, 3.8) is 0 Å². The molecular weight excluding hydrogens is 317 g/mol. The Morgan fingerprint density at radius 1 is 1.53 bits per heavy atom. The molecule has 0 spiro atoms. The van der Waals surface area contributed by atoms with Crippen LogP contribution in [0.4, 0.5) is 4.39 Å². The monoisotopic (exact) mass is 329 g/mol. The number of nitrogens with zero attached hydrogens (tertiary/aromatic N) is 2. The summed E-state index contributed by atoms with van der Waals surface area (Å²) >= 11 is 3.08. The van der Waals surface area contributed by atoms with E-state index in [1.165, 1.54) is 13.2 Å². The molecule has 0 bridgehead atoms. The van der Waals surface area contributed by atoms with E-state index in [0.29, 0.717) is 15.9 Å². The van der Waals surface area contributed by atoms with Crippen LogP contribution in [0.15, 0.2) is 27.2 Å². The van der Waals surface area contributed by atoms with Crippen LogP contribution in [0.1, 0.15) is 12.7 Å².